The lowest BCUT2D eigenvalue weighted by molar-refractivity contribution is 0.1000. The van der Waals surface area contributed by atoms with Crippen LogP contribution in [0.15, 0.2) is 48.5 Å². The second kappa shape index (κ2) is 6.75. The van der Waals surface area contributed by atoms with Crippen LogP contribution in [0.1, 0.15) is 39.9 Å². The molecule has 0 radical (unpaired) electrons. The monoisotopic (exact) mass is 294 g/mol. The molecule has 1 aliphatic rings. The van der Waals surface area contributed by atoms with Crippen molar-refractivity contribution in [2.45, 2.75) is 38.3 Å². The molecule has 0 saturated carbocycles. The number of benzene rings is 2. The van der Waals surface area contributed by atoms with Crippen molar-refractivity contribution in [3.8, 4) is 0 Å². The molecule has 0 bridgehead atoms. The Labute approximate surface area is 131 Å². The minimum absolute atomic E-state index is 0.346. The van der Waals surface area contributed by atoms with Gasteiger partial charge in [0, 0.05) is 18.2 Å². The van der Waals surface area contributed by atoms with Crippen LogP contribution in [-0.4, -0.2) is 11.9 Å². The summed E-state index contributed by atoms with van der Waals surface area (Å²) in [6.45, 7) is 0.885. The maximum atomic E-state index is 11.4. The van der Waals surface area contributed by atoms with Crippen molar-refractivity contribution in [1.29, 1.82) is 0 Å². The molecule has 3 nitrogen and oxygen atoms in total. The van der Waals surface area contributed by atoms with Crippen molar-refractivity contribution in [3.63, 3.8) is 0 Å². The van der Waals surface area contributed by atoms with Crippen LogP contribution in [0.25, 0.3) is 0 Å². The van der Waals surface area contributed by atoms with E-state index < -0.39 is 0 Å². The molecule has 1 amide bonds. The summed E-state index contributed by atoms with van der Waals surface area (Å²) in [4.78, 5) is 11.4. The van der Waals surface area contributed by atoms with Crippen LogP contribution in [0, 0.1) is 0 Å². The number of carbonyl (C=O) groups is 1. The molecule has 0 aliphatic heterocycles. The third kappa shape index (κ3) is 3.55. The van der Waals surface area contributed by atoms with E-state index in [1.807, 2.05) is 18.2 Å². The number of rotatable bonds is 4. The Morgan fingerprint density at radius 1 is 1.14 bits per heavy atom. The van der Waals surface area contributed by atoms with Crippen molar-refractivity contribution < 1.29 is 4.79 Å². The van der Waals surface area contributed by atoms with Gasteiger partial charge in [-0.3, -0.25) is 4.79 Å². The molecule has 1 aliphatic carbocycles. The van der Waals surface area contributed by atoms with Crippen molar-refractivity contribution in [1.82, 2.24) is 5.32 Å². The van der Waals surface area contributed by atoms with Gasteiger partial charge < -0.3 is 11.1 Å². The van der Waals surface area contributed by atoms with Gasteiger partial charge in [0.15, 0.2) is 0 Å². The van der Waals surface area contributed by atoms with E-state index >= 15 is 0 Å². The number of hydrogen-bond acceptors (Lipinski definition) is 2. The first-order valence-electron chi connectivity index (χ1n) is 7.91. The highest BCUT2D eigenvalue weighted by Crippen LogP contribution is 2.22. The smallest absolute Gasteiger partial charge is 0.248 e. The molecule has 2 aromatic carbocycles. The lowest BCUT2D eigenvalue weighted by Crippen LogP contribution is -2.30. The van der Waals surface area contributed by atoms with Gasteiger partial charge in [0.25, 0.3) is 0 Å². The summed E-state index contributed by atoms with van der Waals surface area (Å²) >= 11 is 0. The Balaban J connectivity index is 1.70. The average molecular weight is 294 g/mol. The van der Waals surface area contributed by atoms with Crippen molar-refractivity contribution in [2.75, 3.05) is 0 Å². The Hall–Kier alpha value is -2.13. The van der Waals surface area contributed by atoms with E-state index in [4.69, 9.17) is 5.73 Å². The Kier molecular flexibility index (Phi) is 4.54. The SMILES string of the molecule is NC(=O)c1ccc2c(c1)CC(NCc1ccccc1)CCC2. The molecule has 22 heavy (non-hydrogen) atoms. The van der Waals surface area contributed by atoms with Gasteiger partial charge in [-0.25, -0.2) is 0 Å². The molecule has 1 atom stereocenters. The second-order valence-corrected chi connectivity index (χ2v) is 6.01. The van der Waals surface area contributed by atoms with Gasteiger partial charge in [-0.2, -0.15) is 0 Å². The predicted molar refractivity (Wildman–Crippen MR) is 88.7 cm³/mol. The molecule has 0 saturated heterocycles. The van der Waals surface area contributed by atoms with Gasteiger partial charge >= 0.3 is 0 Å². The summed E-state index contributed by atoms with van der Waals surface area (Å²) < 4.78 is 0. The number of nitrogens with one attached hydrogen (secondary N) is 1. The number of primary amides is 1. The van der Waals surface area contributed by atoms with Crippen molar-refractivity contribution >= 4 is 5.91 Å². The molecule has 1 unspecified atom stereocenters. The van der Waals surface area contributed by atoms with Gasteiger partial charge in [-0.15, -0.1) is 0 Å². The molecule has 3 rings (SSSR count). The molecule has 0 spiro atoms. The minimum atomic E-state index is -0.346. The van der Waals surface area contributed by atoms with E-state index in [0.717, 1.165) is 25.8 Å². The normalized spacial score (nSPS) is 17.5. The summed E-state index contributed by atoms with van der Waals surface area (Å²) in [5.41, 5.74) is 9.94. The number of carbonyl (C=O) groups excluding carboxylic acids is 1. The highest BCUT2D eigenvalue weighted by molar-refractivity contribution is 5.93. The lowest BCUT2D eigenvalue weighted by atomic mass is 9.98. The molecule has 0 aromatic heterocycles. The first kappa shape index (κ1) is 14.8. The Bertz CT molecular complexity index is 652. The quantitative estimate of drug-likeness (QED) is 0.852. The Morgan fingerprint density at radius 2 is 1.95 bits per heavy atom. The first-order valence-corrected chi connectivity index (χ1v) is 7.91. The molecule has 114 valence electrons. The minimum Gasteiger partial charge on any atom is -0.366 e. The molecule has 3 N–H and O–H groups in total. The first-order chi connectivity index (χ1) is 10.7. The van der Waals surface area contributed by atoms with E-state index in [1.165, 1.54) is 23.1 Å². The van der Waals surface area contributed by atoms with Gasteiger partial charge in [-0.05, 0) is 54.5 Å². The number of fused-ring (bicyclic) bond motifs is 1. The number of nitrogens with two attached hydrogens (primary N) is 1. The van der Waals surface area contributed by atoms with E-state index in [-0.39, 0.29) is 5.91 Å². The predicted octanol–water partition coefficient (Wildman–Crippen LogP) is 2.82. The molecular weight excluding hydrogens is 272 g/mol. The van der Waals surface area contributed by atoms with Gasteiger partial charge in [0.05, 0.1) is 0 Å². The standard InChI is InChI=1S/C19H22N2O/c20-19(22)16-10-9-15-7-4-8-18(12-17(15)11-16)21-13-14-5-2-1-3-6-14/h1-3,5-6,9-11,18,21H,4,7-8,12-13H2,(H2,20,22). The maximum Gasteiger partial charge on any atom is 0.248 e. The molecule has 0 fully saturated rings. The molecule has 2 aromatic rings. The average Bonchev–Trinajstić information content (AvgIpc) is 2.75. The van der Waals surface area contributed by atoms with E-state index in [9.17, 15) is 4.79 Å². The summed E-state index contributed by atoms with van der Waals surface area (Å²) in [5, 5.41) is 3.65. The lowest BCUT2D eigenvalue weighted by Gasteiger charge is -2.17. The number of aryl methyl sites for hydroxylation is 1. The van der Waals surface area contributed by atoms with Crippen LogP contribution < -0.4 is 11.1 Å². The van der Waals surface area contributed by atoms with Gasteiger partial charge in [0.2, 0.25) is 5.91 Å². The number of amides is 1. The zero-order chi connectivity index (χ0) is 15.4. The van der Waals surface area contributed by atoms with E-state index in [2.05, 4.69) is 35.6 Å². The van der Waals surface area contributed by atoms with Crippen LogP contribution >= 0.6 is 0 Å². The summed E-state index contributed by atoms with van der Waals surface area (Å²) in [7, 11) is 0. The van der Waals surface area contributed by atoms with Crippen LogP contribution in [0.3, 0.4) is 0 Å². The molecule has 0 heterocycles. The zero-order valence-corrected chi connectivity index (χ0v) is 12.7. The van der Waals surface area contributed by atoms with Crippen LogP contribution in [0.4, 0.5) is 0 Å². The second-order valence-electron chi connectivity index (χ2n) is 6.01. The van der Waals surface area contributed by atoms with Crippen molar-refractivity contribution in [3.05, 3.63) is 70.8 Å². The highest BCUT2D eigenvalue weighted by Gasteiger charge is 2.17. The van der Waals surface area contributed by atoms with Crippen molar-refractivity contribution in [2.24, 2.45) is 5.73 Å². The third-order valence-electron chi connectivity index (χ3n) is 4.39. The maximum absolute atomic E-state index is 11.4. The van der Waals surface area contributed by atoms with Crippen LogP contribution in [0.2, 0.25) is 0 Å². The Morgan fingerprint density at radius 3 is 2.73 bits per heavy atom. The number of hydrogen-bond donors (Lipinski definition) is 2. The highest BCUT2D eigenvalue weighted by atomic mass is 16.1. The third-order valence-corrected chi connectivity index (χ3v) is 4.39. The van der Waals surface area contributed by atoms with Crippen LogP contribution in [0.5, 0.6) is 0 Å². The van der Waals surface area contributed by atoms with E-state index in [0.29, 0.717) is 11.6 Å². The zero-order valence-electron chi connectivity index (χ0n) is 12.7. The summed E-state index contributed by atoms with van der Waals surface area (Å²) in [6.07, 6.45) is 4.38. The fourth-order valence-corrected chi connectivity index (χ4v) is 3.15. The topological polar surface area (TPSA) is 55.1 Å². The van der Waals surface area contributed by atoms with Crippen LogP contribution in [-0.2, 0) is 19.4 Å². The fraction of sp³-hybridized carbons (Fsp3) is 0.316. The van der Waals surface area contributed by atoms with Gasteiger partial charge in [-0.1, -0.05) is 36.4 Å². The van der Waals surface area contributed by atoms with Gasteiger partial charge in [0.1, 0.15) is 0 Å². The largest absolute Gasteiger partial charge is 0.366 e. The van der Waals surface area contributed by atoms with E-state index in [1.54, 1.807) is 0 Å². The summed E-state index contributed by atoms with van der Waals surface area (Å²) in [5.74, 6) is -0.346. The molecule has 3 heteroatoms. The molecular formula is C19H22N2O. The fourth-order valence-electron chi connectivity index (χ4n) is 3.15. The summed E-state index contributed by atoms with van der Waals surface area (Å²) in [6, 6.07) is 16.8.